The van der Waals surface area contributed by atoms with Crippen LogP contribution in [0.2, 0.25) is 0 Å². The minimum atomic E-state index is -0.437. The summed E-state index contributed by atoms with van der Waals surface area (Å²) in [6.07, 6.45) is 4.13. The van der Waals surface area contributed by atoms with E-state index >= 15 is 0 Å². The van der Waals surface area contributed by atoms with Crippen LogP contribution >= 0.6 is 0 Å². The highest BCUT2D eigenvalue weighted by atomic mass is 16.3. The fourth-order valence-electron chi connectivity index (χ4n) is 4.04. The number of aliphatic hydroxyl groups is 2. The third-order valence-electron chi connectivity index (χ3n) is 5.43. The molecule has 1 aliphatic rings. The van der Waals surface area contributed by atoms with E-state index < -0.39 is 6.10 Å². The number of aliphatic hydroxyl groups excluding tert-OH is 2. The molecule has 2 atom stereocenters. The van der Waals surface area contributed by atoms with E-state index in [9.17, 15) is 15.0 Å². The molecule has 0 saturated heterocycles. The van der Waals surface area contributed by atoms with E-state index in [0.29, 0.717) is 12.1 Å². The molecule has 0 spiro atoms. The first kappa shape index (κ1) is 19.6. The van der Waals surface area contributed by atoms with Gasteiger partial charge in [0.15, 0.2) is 0 Å². The zero-order valence-corrected chi connectivity index (χ0v) is 16.0. The van der Waals surface area contributed by atoms with Crippen LogP contribution in [0, 0.1) is 0 Å². The van der Waals surface area contributed by atoms with E-state index in [1.165, 1.54) is 0 Å². The molecule has 0 radical (unpaired) electrons. The zero-order chi connectivity index (χ0) is 19.2. The van der Waals surface area contributed by atoms with Crippen molar-refractivity contribution in [1.82, 2.24) is 4.90 Å². The molecule has 1 saturated carbocycles. The minimum Gasteiger partial charge on any atom is -0.392 e. The molecule has 4 heteroatoms. The number of benzene rings is 2. The van der Waals surface area contributed by atoms with Crippen LogP contribution in [0.5, 0.6) is 0 Å². The summed E-state index contributed by atoms with van der Waals surface area (Å²) in [5, 5.41) is 20.1. The third-order valence-corrected chi connectivity index (χ3v) is 5.43. The summed E-state index contributed by atoms with van der Waals surface area (Å²) in [5.41, 5.74) is 3.34. The molecule has 144 valence electrons. The Hall–Kier alpha value is -2.17. The molecular formula is C23H29NO3. The number of amides is 1. The molecular weight excluding hydrogens is 338 g/mol. The van der Waals surface area contributed by atoms with Gasteiger partial charge in [0, 0.05) is 12.1 Å². The Morgan fingerprint density at radius 2 is 1.89 bits per heavy atom. The van der Waals surface area contributed by atoms with Crippen molar-refractivity contribution in [2.45, 2.75) is 57.8 Å². The quantitative estimate of drug-likeness (QED) is 0.811. The number of hydrogen-bond acceptors (Lipinski definition) is 3. The van der Waals surface area contributed by atoms with Crippen molar-refractivity contribution in [3.05, 3.63) is 59.7 Å². The van der Waals surface area contributed by atoms with Gasteiger partial charge in [-0.15, -0.1) is 0 Å². The first-order valence-electron chi connectivity index (χ1n) is 9.94. The van der Waals surface area contributed by atoms with Gasteiger partial charge in [-0.25, -0.2) is 0 Å². The lowest BCUT2D eigenvalue weighted by Crippen LogP contribution is -2.48. The maximum Gasteiger partial charge on any atom is 0.254 e. The SMILES string of the molecule is CCCN(C(=O)c1cccc(-c2ccccc2CO)c1)[C@@H]1CCCC[C@H]1O. The topological polar surface area (TPSA) is 60.8 Å². The molecule has 3 rings (SSSR count). The van der Waals surface area contributed by atoms with Crippen molar-refractivity contribution >= 4 is 5.91 Å². The maximum atomic E-state index is 13.3. The van der Waals surface area contributed by atoms with Crippen LogP contribution in [-0.4, -0.2) is 39.7 Å². The van der Waals surface area contributed by atoms with Crippen LogP contribution in [0.4, 0.5) is 0 Å². The molecule has 27 heavy (non-hydrogen) atoms. The normalized spacial score (nSPS) is 19.7. The molecule has 0 aliphatic heterocycles. The molecule has 0 heterocycles. The summed E-state index contributed by atoms with van der Waals surface area (Å²) in [5.74, 6) is -0.0221. The molecule has 2 aromatic carbocycles. The average molecular weight is 367 g/mol. The predicted octanol–water partition coefficient (Wildman–Crippen LogP) is 4.00. The molecule has 2 N–H and O–H groups in total. The second-order valence-electron chi connectivity index (χ2n) is 7.31. The number of rotatable bonds is 6. The molecule has 0 unspecified atom stereocenters. The summed E-state index contributed by atoms with van der Waals surface area (Å²) < 4.78 is 0. The van der Waals surface area contributed by atoms with Crippen LogP contribution in [0.1, 0.15) is 54.9 Å². The van der Waals surface area contributed by atoms with Gasteiger partial charge in [0.2, 0.25) is 0 Å². The summed E-state index contributed by atoms with van der Waals surface area (Å²) >= 11 is 0. The second kappa shape index (κ2) is 9.16. The van der Waals surface area contributed by atoms with Crippen molar-refractivity contribution < 1.29 is 15.0 Å². The highest BCUT2D eigenvalue weighted by Gasteiger charge is 2.31. The molecule has 1 fully saturated rings. The van der Waals surface area contributed by atoms with E-state index in [0.717, 1.165) is 48.8 Å². The minimum absolute atomic E-state index is 0.0221. The zero-order valence-electron chi connectivity index (χ0n) is 16.0. The van der Waals surface area contributed by atoms with Gasteiger partial charge in [-0.1, -0.05) is 56.2 Å². The van der Waals surface area contributed by atoms with Gasteiger partial charge in [-0.05, 0) is 48.1 Å². The largest absolute Gasteiger partial charge is 0.392 e. The summed E-state index contributed by atoms with van der Waals surface area (Å²) in [7, 11) is 0. The number of carbonyl (C=O) groups excluding carboxylic acids is 1. The number of hydrogen-bond donors (Lipinski definition) is 2. The Labute approximate surface area is 161 Å². The van der Waals surface area contributed by atoms with Crippen LogP contribution in [0.15, 0.2) is 48.5 Å². The van der Waals surface area contributed by atoms with Gasteiger partial charge >= 0.3 is 0 Å². The third kappa shape index (κ3) is 4.40. The predicted molar refractivity (Wildman–Crippen MR) is 107 cm³/mol. The summed E-state index contributed by atoms with van der Waals surface area (Å²) in [4.78, 5) is 15.1. The monoisotopic (exact) mass is 367 g/mol. The Morgan fingerprint density at radius 3 is 2.63 bits per heavy atom. The molecule has 1 aliphatic carbocycles. The Kier molecular flexibility index (Phi) is 6.64. The smallest absolute Gasteiger partial charge is 0.254 e. The Balaban J connectivity index is 1.91. The van der Waals surface area contributed by atoms with Crippen LogP contribution in [0.3, 0.4) is 0 Å². The van der Waals surface area contributed by atoms with E-state index in [1.54, 1.807) is 0 Å². The van der Waals surface area contributed by atoms with E-state index in [1.807, 2.05) is 53.4 Å². The van der Waals surface area contributed by atoms with Crippen LogP contribution in [-0.2, 0) is 6.61 Å². The summed E-state index contributed by atoms with van der Waals surface area (Å²) in [6.45, 7) is 2.67. The molecule has 0 aromatic heterocycles. The van der Waals surface area contributed by atoms with Gasteiger partial charge in [-0.3, -0.25) is 4.79 Å². The Morgan fingerprint density at radius 1 is 1.11 bits per heavy atom. The lowest BCUT2D eigenvalue weighted by atomic mass is 9.90. The maximum absolute atomic E-state index is 13.3. The van der Waals surface area contributed by atoms with Gasteiger partial charge < -0.3 is 15.1 Å². The number of nitrogens with zero attached hydrogens (tertiary/aromatic N) is 1. The first-order chi connectivity index (χ1) is 13.2. The lowest BCUT2D eigenvalue weighted by Gasteiger charge is -2.37. The van der Waals surface area contributed by atoms with Gasteiger partial charge in [0.25, 0.3) is 5.91 Å². The number of carbonyl (C=O) groups is 1. The second-order valence-corrected chi connectivity index (χ2v) is 7.31. The van der Waals surface area contributed by atoms with Crippen LogP contribution < -0.4 is 0 Å². The van der Waals surface area contributed by atoms with Crippen molar-refractivity contribution in [3.8, 4) is 11.1 Å². The van der Waals surface area contributed by atoms with Gasteiger partial charge in [-0.2, -0.15) is 0 Å². The molecule has 0 bridgehead atoms. The van der Waals surface area contributed by atoms with Crippen LogP contribution in [0.25, 0.3) is 11.1 Å². The van der Waals surface area contributed by atoms with Crippen molar-refractivity contribution in [3.63, 3.8) is 0 Å². The highest BCUT2D eigenvalue weighted by molar-refractivity contribution is 5.96. The van der Waals surface area contributed by atoms with E-state index in [-0.39, 0.29) is 18.6 Å². The summed E-state index contributed by atoms with van der Waals surface area (Å²) in [6, 6.07) is 15.2. The van der Waals surface area contributed by atoms with Gasteiger partial charge in [0.05, 0.1) is 18.8 Å². The first-order valence-corrected chi connectivity index (χ1v) is 9.94. The van der Waals surface area contributed by atoms with E-state index in [2.05, 4.69) is 6.92 Å². The van der Waals surface area contributed by atoms with Crippen molar-refractivity contribution in [2.24, 2.45) is 0 Å². The van der Waals surface area contributed by atoms with Crippen molar-refractivity contribution in [2.75, 3.05) is 6.54 Å². The highest BCUT2D eigenvalue weighted by Crippen LogP contribution is 2.28. The molecule has 1 amide bonds. The van der Waals surface area contributed by atoms with Gasteiger partial charge in [0.1, 0.15) is 0 Å². The molecule has 2 aromatic rings. The standard InChI is InChI=1S/C23H29NO3/c1-2-14-24(21-12-5-6-13-22(21)26)23(27)18-10-7-9-17(15-18)20-11-4-3-8-19(20)16-25/h3-4,7-11,15,21-22,25-26H,2,5-6,12-14,16H2,1H3/t21-,22-/m1/s1. The van der Waals surface area contributed by atoms with E-state index in [4.69, 9.17) is 0 Å². The fraction of sp³-hybridized carbons (Fsp3) is 0.435. The molecule has 4 nitrogen and oxygen atoms in total. The lowest BCUT2D eigenvalue weighted by molar-refractivity contribution is 0.0178. The van der Waals surface area contributed by atoms with Crippen molar-refractivity contribution in [1.29, 1.82) is 0 Å². The average Bonchev–Trinajstić information content (AvgIpc) is 2.72. The fourth-order valence-corrected chi connectivity index (χ4v) is 4.04. The Bertz CT molecular complexity index is 774.